The monoisotopic (exact) mass is 404 g/mol. The standard InChI is InChI=1S/C22H36N4O3/c1-3-23-21(26-17-22(12-15-29-2)10-4-5-11-22)25-14-7-13-24-20(28)18-8-6-9-19(27)16-18/h6,8-9,16,27H,3-5,7,10-15,17H2,1-2H3,(H,24,28)(H2,23,25,26). The van der Waals surface area contributed by atoms with Gasteiger partial charge in [-0.15, -0.1) is 0 Å². The number of benzene rings is 1. The van der Waals surface area contributed by atoms with Crippen LogP contribution >= 0.6 is 0 Å². The fourth-order valence-corrected chi connectivity index (χ4v) is 3.77. The van der Waals surface area contributed by atoms with E-state index >= 15 is 0 Å². The number of rotatable bonds is 11. The normalized spacial score (nSPS) is 15.9. The van der Waals surface area contributed by atoms with Crippen LogP contribution in [0.2, 0.25) is 0 Å². The lowest BCUT2D eigenvalue weighted by Gasteiger charge is -2.27. The van der Waals surface area contributed by atoms with Crippen LogP contribution in [0.25, 0.3) is 0 Å². The minimum atomic E-state index is -0.178. The SMILES string of the molecule is CCNC(=NCC1(CCOC)CCCC1)NCCCNC(=O)c1cccc(O)c1. The summed E-state index contributed by atoms with van der Waals surface area (Å²) in [6, 6.07) is 6.36. The van der Waals surface area contributed by atoms with Gasteiger partial charge < -0.3 is 25.8 Å². The first-order valence-corrected chi connectivity index (χ1v) is 10.7. The molecule has 1 aromatic rings. The molecule has 0 atom stereocenters. The summed E-state index contributed by atoms with van der Waals surface area (Å²) >= 11 is 0. The molecule has 0 aromatic heterocycles. The number of nitrogens with one attached hydrogen (secondary N) is 3. The van der Waals surface area contributed by atoms with E-state index in [1.54, 1.807) is 25.3 Å². The van der Waals surface area contributed by atoms with E-state index in [2.05, 4.69) is 22.9 Å². The number of nitrogens with zero attached hydrogens (tertiary/aromatic N) is 1. The fraction of sp³-hybridized carbons (Fsp3) is 0.636. The fourth-order valence-electron chi connectivity index (χ4n) is 3.77. The van der Waals surface area contributed by atoms with E-state index < -0.39 is 0 Å². The van der Waals surface area contributed by atoms with Gasteiger partial charge in [-0.25, -0.2) is 0 Å². The van der Waals surface area contributed by atoms with Gasteiger partial charge in [0.15, 0.2) is 5.96 Å². The Morgan fingerprint density at radius 3 is 2.66 bits per heavy atom. The lowest BCUT2D eigenvalue weighted by Crippen LogP contribution is -2.39. The highest BCUT2D eigenvalue weighted by molar-refractivity contribution is 5.94. The van der Waals surface area contributed by atoms with E-state index in [-0.39, 0.29) is 17.1 Å². The number of aromatic hydroxyl groups is 1. The van der Waals surface area contributed by atoms with Crippen LogP contribution in [-0.4, -0.2) is 56.9 Å². The second kappa shape index (κ2) is 12.3. The maximum absolute atomic E-state index is 12.1. The van der Waals surface area contributed by atoms with Gasteiger partial charge in [-0.05, 0) is 56.2 Å². The Labute approximate surface area is 174 Å². The Balaban J connectivity index is 1.75. The van der Waals surface area contributed by atoms with Crippen LogP contribution in [0, 0.1) is 5.41 Å². The van der Waals surface area contributed by atoms with E-state index in [0.29, 0.717) is 12.1 Å². The molecule has 0 heterocycles. The molecule has 1 aliphatic rings. The molecule has 1 amide bonds. The summed E-state index contributed by atoms with van der Waals surface area (Å²) in [7, 11) is 1.76. The number of ether oxygens (including phenoxy) is 1. The van der Waals surface area contributed by atoms with Gasteiger partial charge in [-0.2, -0.15) is 0 Å². The van der Waals surface area contributed by atoms with E-state index in [0.717, 1.165) is 45.0 Å². The third-order valence-corrected chi connectivity index (χ3v) is 5.46. The lowest BCUT2D eigenvalue weighted by molar-refractivity contribution is 0.0953. The molecule has 0 aliphatic heterocycles. The quantitative estimate of drug-likeness (QED) is 0.258. The van der Waals surface area contributed by atoms with Crippen LogP contribution in [0.15, 0.2) is 29.3 Å². The van der Waals surface area contributed by atoms with Crippen molar-refractivity contribution < 1.29 is 14.6 Å². The molecular weight excluding hydrogens is 368 g/mol. The van der Waals surface area contributed by atoms with Crippen molar-refractivity contribution in [3.63, 3.8) is 0 Å². The van der Waals surface area contributed by atoms with Crippen molar-refractivity contribution in [1.82, 2.24) is 16.0 Å². The molecule has 1 aromatic carbocycles. The molecule has 0 spiro atoms. The van der Waals surface area contributed by atoms with Crippen molar-refractivity contribution in [1.29, 1.82) is 0 Å². The van der Waals surface area contributed by atoms with Gasteiger partial charge in [0.1, 0.15) is 5.75 Å². The van der Waals surface area contributed by atoms with Gasteiger partial charge in [0.2, 0.25) is 0 Å². The Hall–Kier alpha value is -2.28. The van der Waals surface area contributed by atoms with Crippen LogP contribution in [-0.2, 0) is 4.74 Å². The van der Waals surface area contributed by atoms with Crippen LogP contribution < -0.4 is 16.0 Å². The number of amides is 1. The Morgan fingerprint density at radius 1 is 1.21 bits per heavy atom. The second-order valence-electron chi connectivity index (χ2n) is 7.73. The molecule has 0 bridgehead atoms. The van der Waals surface area contributed by atoms with Crippen molar-refractivity contribution in [3.05, 3.63) is 29.8 Å². The number of hydrogen-bond donors (Lipinski definition) is 4. The molecule has 2 rings (SSSR count). The summed E-state index contributed by atoms with van der Waals surface area (Å²) in [4.78, 5) is 16.9. The van der Waals surface area contributed by atoms with E-state index in [4.69, 9.17) is 9.73 Å². The zero-order chi connectivity index (χ0) is 21.0. The molecule has 0 radical (unpaired) electrons. The first-order valence-electron chi connectivity index (χ1n) is 10.7. The summed E-state index contributed by atoms with van der Waals surface area (Å²) in [6.45, 7) is 5.75. The number of methoxy groups -OCH3 is 1. The van der Waals surface area contributed by atoms with Crippen LogP contribution in [0.5, 0.6) is 5.75 Å². The Kier molecular flexibility index (Phi) is 9.77. The van der Waals surface area contributed by atoms with E-state index in [1.807, 2.05) is 0 Å². The third kappa shape index (κ3) is 7.93. The topological polar surface area (TPSA) is 95.0 Å². The molecule has 1 aliphatic carbocycles. The van der Waals surface area contributed by atoms with E-state index in [9.17, 15) is 9.90 Å². The summed E-state index contributed by atoms with van der Waals surface area (Å²) in [5.41, 5.74) is 0.735. The molecule has 162 valence electrons. The third-order valence-electron chi connectivity index (χ3n) is 5.46. The predicted molar refractivity (Wildman–Crippen MR) is 116 cm³/mol. The van der Waals surface area contributed by atoms with Crippen LogP contribution in [0.3, 0.4) is 0 Å². The summed E-state index contributed by atoms with van der Waals surface area (Å²) in [5, 5.41) is 19.0. The maximum atomic E-state index is 12.1. The average molecular weight is 405 g/mol. The molecular formula is C22H36N4O3. The molecule has 1 saturated carbocycles. The smallest absolute Gasteiger partial charge is 0.251 e. The summed E-state index contributed by atoms with van der Waals surface area (Å²) < 4.78 is 5.30. The summed E-state index contributed by atoms with van der Waals surface area (Å²) in [6.07, 6.45) is 6.85. The van der Waals surface area contributed by atoms with Crippen molar-refractivity contribution in [3.8, 4) is 5.75 Å². The van der Waals surface area contributed by atoms with Crippen LogP contribution in [0.4, 0.5) is 0 Å². The van der Waals surface area contributed by atoms with Crippen LogP contribution in [0.1, 0.15) is 55.8 Å². The van der Waals surface area contributed by atoms with Crippen molar-refractivity contribution in [2.45, 2.75) is 45.4 Å². The number of phenols is 1. The highest BCUT2D eigenvalue weighted by Crippen LogP contribution is 2.41. The lowest BCUT2D eigenvalue weighted by atomic mass is 9.83. The molecule has 0 saturated heterocycles. The molecule has 1 fully saturated rings. The second-order valence-corrected chi connectivity index (χ2v) is 7.73. The highest BCUT2D eigenvalue weighted by atomic mass is 16.5. The maximum Gasteiger partial charge on any atom is 0.251 e. The van der Waals surface area contributed by atoms with Gasteiger partial charge in [0, 0.05) is 45.5 Å². The van der Waals surface area contributed by atoms with Gasteiger partial charge in [-0.1, -0.05) is 18.9 Å². The van der Waals surface area contributed by atoms with E-state index in [1.165, 1.54) is 31.7 Å². The Bertz CT molecular complexity index is 657. The highest BCUT2D eigenvalue weighted by Gasteiger charge is 2.33. The number of hydrogen-bond acceptors (Lipinski definition) is 4. The average Bonchev–Trinajstić information content (AvgIpc) is 3.19. The number of phenolic OH excluding ortho intramolecular Hbond substituents is 1. The van der Waals surface area contributed by atoms with Gasteiger partial charge in [0.05, 0.1) is 0 Å². The van der Waals surface area contributed by atoms with Crippen molar-refractivity contribution in [2.24, 2.45) is 10.4 Å². The van der Waals surface area contributed by atoms with Gasteiger partial charge in [-0.3, -0.25) is 9.79 Å². The largest absolute Gasteiger partial charge is 0.508 e. The van der Waals surface area contributed by atoms with Crippen molar-refractivity contribution in [2.75, 3.05) is 39.9 Å². The summed E-state index contributed by atoms with van der Waals surface area (Å²) in [5.74, 6) is 0.745. The number of carbonyl (C=O) groups is 1. The molecule has 4 N–H and O–H groups in total. The molecule has 29 heavy (non-hydrogen) atoms. The van der Waals surface area contributed by atoms with Gasteiger partial charge in [0.25, 0.3) is 5.91 Å². The predicted octanol–water partition coefficient (Wildman–Crippen LogP) is 2.66. The zero-order valence-corrected chi connectivity index (χ0v) is 17.8. The first kappa shape index (κ1) is 23.0. The minimum Gasteiger partial charge on any atom is -0.508 e. The van der Waals surface area contributed by atoms with Gasteiger partial charge >= 0.3 is 0 Å². The number of carbonyl (C=O) groups excluding carboxylic acids is 1. The number of aliphatic imine (C=N–C) groups is 1. The molecule has 7 nitrogen and oxygen atoms in total. The zero-order valence-electron chi connectivity index (χ0n) is 17.8. The molecule has 0 unspecified atom stereocenters. The van der Waals surface area contributed by atoms with Crippen molar-refractivity contribution >= 4 is 11.9 Å². The Morgan fingerprint density at radius 2 is 1.97 bits per heavy atom. The molecule has 7 heteroatoms. The minimum absolute atomic E-state index is 0.0938. The number of guanidine groups is 1. The first-order chi connectivity index (χ1) is 14.1.